The van der Waals surface area contributed by atoms with Gasteiger partial charge in [0.1, 0.15) is 0 Å². The number of hydrogen-bond donors (Lipinski definition) is 1. The first-order valence-electron chi connectivity index (χ1n) is 5.94. The van der Waals surface area contributed by atoms with E-state index in [2.05, 4.69) is 4.98 Å². The fourth-order valence-corrected chi connectivity index (χ4v) is 1.63. The Hall–Kier alpha value is -2.17. The third-order valence-electron chi connectivity index (χ3n) is 3.29. The molecule has 1 atom stereocenters. The van der Waals surface area contributed by atoms with Crippen LogP contribution in [0.5, 0.6) is 0 Å². The largest absolute Gasteiger partial charge is 0.478 e. The topological polar surface area (TPSA) is 70.5 Å². The van der Waals surface area contributed by atoms with Crippen molar-refractivity contribution in [1.29, 1.82) is 0 Å². The maximum atomic E-state index is 12.2. The summed E-state index contributed by atoms with van der Waals surface area (Å²) < 4.78 is 0. The highest BCUT2D eigenvalue weighted by Crippen LogP contribution is 2.20. The highest BCUT2D eigenvalue weighted by molar-refractivity contribution is 6.01. The van der Waals surface area contributed by atoms with Crippen molar-refractivity contribution in [3.63, 3.8) is 0 Å². The standard InChI is InChI=1S/C14H18N2O3/c1-9(10(2)14(18)19)13(17)16(4)11(3)12-5-7-15-8-6-12/h5-8,11H,1-4H3,(H,18,19). The zero-order chi connectivity index (χ0) is 14.6. The van der Waals surface area contributed by atoms with Crippen molar-refractivity contribution >= 4 is 11.9 Å². The number of pyridine rings is 1. The lowest BCUT2D eigenvalue weighted by Gasteiger charge is -2.26. The minimum absolute atomic E-state index is 0.0683. The van der Waals surface area contributed by atoms with Gasteiger partial charge in [0, 0.05) is 30.6 Å². The van der Waals surface area contributed by atoms with Gasteiger partial charge in [0.15, 0.2) is 0 Å². The first-order chi connectivity index (χ1) is 8.86. The lowest BCUT2D eigenvalue weighted by molar-refractivity contribution is -0.134. The van der Waals surface area contributed by atoms with Crippen molar-refractivity contribution in [1.82, 2.24) is 9.88 Å². The van der Waals surface area contributed by atoms with E-state index in [0.29, 0.717) is 0 Å². The summed E-state index contributed by atoms with van der Waals surface area (Å²) in [6.07, 6.45) is 3.32. The third kappa shape index (κ3) is 3.40. The number of aliphatic carboxylic acids is 1. The van der Waals surface area contributed by atoms with Gasteiger partial charge in [0.2, 0.25) is 5.91 Å². The fraction of sp³-hybridized carbons (Fsp3) is 0.357. The van der Waals surface area contributed by atoms with Gasteiger partial charge in [-0.25, -0.2) is 4.79 Å². The molecule has 19 heavy (non-hydrogen) atoms. The summed E-state index contributed by atoms with van der Waals surface area (Å²) >= 11 is 0. The quantitative estimate of drug-likeness (QED) is 0.843. The Balaban J connectivity index is 2.95. The maximum Gasteiger partial charge on any atom is 0.331 e. The van der Waals surface area contributed by atoms with Gasteiger partial charge in [-0.15, -0.1) is 0 Å². The smallest absolute Gasteiger partial charge is 0.331 e. The van der Waals surface area contributed by atoms with E-state index in [1.54, 1.807) is 19.4 Å². The van der Waals surface area contributed by atoms with Crippen LogP contribution in [0.3, 0.4) is 0 Å². The second-order valence-corrected chi connectivity index (χ2v) is 4.43. The van der Waals surface area contributed by atoms with E-state index in [-0.39, 0.29) is 23.1 Å². The van der Waals surface area contributed by atoms with Gasteiger partial charge >= 0.3 is 5.97 Å². The molecule has 1 unspecified atom stereocenters. The summed E-state index contributed by atoms with van der Waals surface area (Å²) in [4.78, 5) is 28.5. The average molecular weight is 262 g/mol. The van der Waals surface area contributed by atoms with Crippen molar-refractivity contribution in [2.45, 2.75) is 26.8 Å². The lowest BCUT2D eigenvalue weighted by Crippen LogP contribution is -2.31. The molecule has 0 aromatic carbocycles. The van der Waals surface area contributed by atoms with Crippen LogP contribution in [-0.2, 0) is 9.59 Å². The molecule has 1 N–H and O–H groups in total. The van der Waals surface area contributed by atoms with Gasteiger partial charge in [0.25, 0.3) is 0 Å². The average Bonchev–Trinajstić information content (AvgIpc) is 2.44. The normalized spacial score (nSPS) is 13.5. The number of amides is 1. The van der Waals surface area contributed by atoms with Crippen molar-refractivity contribution in [3.05, 3.63) is 41.2 Å². The predicted molar refractivity (Wildman–Crippen MR) is 71.4 cm³/mol. The fourth-order valence-electron chi connectivity index (χ4n) is 1.63. The summed E-state index contributed by atoms with van der Waals surface area (Å²) in [5.74, 6) is -1.36. The number of carbonyl (C=O) groups excluding carboxylic acids is 1. The molecule has 102 valence electrons. The van der Waals surface area contributed by atoms with Crippen molar-refractivity contribution in [2.24, 2.45) is 0 Å². The first-order valence-corrected chi connectivity index (χ1v) is 5.94. The number of nitrogens with zero attached hydrogens (tertiary/aromatic N) is 2. The molecule has 0 aliphatic rings. The molecule has 0 radical (unpaired) electrons. The Bertz CT molecular complexity index is 509. The predicted octanol–water partition coefficient (Wildman–Crippen LogP) is 2.02. The summed E-state index contributed by atoms with van der Waals surface area (Å²) in [5.41, 5.74) is 1.27. The van der Waals surface area contributed by atoms with Gasteiger partial charge in [0.05, 0.1) is 6.04 Å². The number of aromatic nitrogens is 1. The first kappa shape index (κ1) is 14.9. The molecule has 1 aromatic rings. The van der Waals surface area contributed by atoms with E-state index in [1.165, 1.54) is 18.7 Å². The van der Waals surface area contributed by atoms with Gasteiger partial charge < -0.3 is 10.0 Å². The molecule has 1 rings (SSSR count). The van der Waals surface area contributed by atoms with E-state index < -0.39 is 5.97 Å². The van der Waals surface area contributed by atoms with Crippen LogP contribution in [-0.4, -0.2) is 33.9 Å². The molecule has 1 heterocycles. The molecule has 5 heteroatoms. The number of rotatable bonds is 4. The Kier molecular flexibility index (Phi) is 4.80. The molecule has 1 amide bonds. The number of carbonyl (C=O) groups is 2. The molecular formula is C14H18N2O3. The minimum atomic E-state index is -1.07. The third-order valence-corrected chi connectivity index (χ3v) is 3.29. The summed E-state index contributed by atoms with van der Waals surface area (Å²) in [6.45, 7) is 4.85. The van der Waals surface area contributed by atoms with E-state index >= 15 is 0 Å². The van der Waals surface area contributed by atoms with Gasteiger partial charge in [-0.1, -0.05) is 0 Å². The molecule has 0 aliphatic heterocycles. The Morgan fingerprint density at radius 2 is 1.74 bits per heavy atom. The second kappa shape index (κ2) is 6.13. The number of carboxylic acids is 1. The second-order valence-electron chi connectivity index (χ2n) is 4.43. The minimum Gasteiger partial charge on any atom is -0.478 e. The molecular weight excluding hydrogens is 244 g/mol. The number of carboxylic acid groups (broad SMARTS) is 1. The lowest BCUT2D eigenvalue weighted by atomic mass is 10.1. The highest BCUT2D eigenvalue weighted by atomic mass is 16.4. The van der Waals surface area contributed by atoms with Crippen LogP contribution >= 0.6 is 0 Å². The van der Waals surface area contributed by atoms with Crippen LogP contribution < -0.4 is 0 Å². The molecule has 1 aromatic heterocycles. The highest BCUT2D eigenvalue weighted by Gasteiger charge is 2.21. The summed E-state index contributed by atoms with van der Waals surface area (Å²) in [7, 11) is 1.66. The monoisotopic (exact) mass is 262 g/mol. The van der Waals surface area contributed by atoms with Gasteiger partial charge in [-0.05, 0) is 38.5 Å². The van der Waals surface area contributed by atoms with Crippen molar-refractivity contribution < 1.29 is 14.7 Å². The van der Waals surface area contributed by atoms with Crippen LogP contribution in [0.1, 0.15) is 32.4 Å². The number of hydrogen-bond acceptors (Lipinski definition) is 3. The SMILES string of the molecule is CC(C(=O)O)=C(C)C(=O)N(C)C(C)c1ccncc1. The maximum absolute atomic E-state index is 12.2. The summed E-state index contributed by atoms with van der Waals surface area (Å²) in [6, 6.07) is 3.52. The van der Waals surface area contributed by atoms with Crippen LogP contribution in [0.4, 0.5) is 0 Å². The number of likely N-dealkylation sites (N-methyl/N-ethyl adjacent to an activating group) is 1. The Labute approximate surface area is 112 Å². The molecule has 0 aliphatic carbocycles. The van der Waals surface area contributed by atoms with Gasteiger partial charge in [-0.3, -0.25) is 9.78 Å². The molecule has 0 saturated carbocycles. The van der Waals surface area contributed by atoms with E-state index in [0.717, 1.165) is 5.56 Å². The van der Waals surface area contributed by atoms with Crippen molar-refractivity contribution in [2.75, 3.05) is 7.05 Å². The van der Waals surface area contributed by atoms with Crippen LogP contribution in [0, 0.1) is 0 Å². The van der Waals surface area contributed by atoms with E-state index in [1.807, 2.05) is 19.1 Å². The Morgan fingerprint density at radius 3 is 2.21 bits per heavy atom. The molecule has 0 saturated heterocycles. The van der Waals surface area contributed by atoms with Gasteiger partial charge in [-0.2, -0.15) is 0 Å². The molecule has 0 fully saturated rings. The zero-order valence-corrected chi connectivity index (χ0v) is 11.5. The van der Waals surface area contributed by atoms with Crippen LogP contribution in [0.25, 0.3) is 0 Å². The van der Waals surface area contributed by atoms with Crippen molar-refractivity contribution in [3.8, 4) is 0 Å². The molecule has 0 spiro atoms. The van der Waals surface area contributed by atoms with E-state index in [9.17, 15) is 9.59 Å². The summed E-state index contributed by atoms with van der Waals surface area (Å²) in [5, 5.41) is 8.90. The van der Waals surface area contributed by atoms with E-state index in [4.69, 9.17) is 5.11 Å². The Morgan fingerprint density at radius 1 is 1.21 bits per heavy atom. The van der Waals surface area contributed by atoms with Crippen LogP contribution in [0.15, 0.2) is 35.7 Å². The zero-order valence-electron chi connectivity index (χ0n) is 11.5. The molecule has 5 nitrogen and oxygen atoms in total. The molecule has 0 bridgehead atoms. The van der Waals surface area contributed by atoms with Crippen LogP contribution in [0.2, 0.25) is 0 Å².